The van der Waals surface area contributed by atoms with Crippen LogP contribution in [-0.2, 0) is 59.5 Å². The molecule has 122 heavy (non-hydrogen) atoms. The topological polar surface area (TPSA) is 266 Å². The van der Waals surface area contributed by atoms with Gasteiger partial charge in [0.1, 0.15) is 42.5 Å². The molecule has 2 aromatic carbocycles. The van der Waals surface area contributed by atoms with Gasteiger partial charge in [-0.05, 0) is 172 Å². The predicted molar refractivity (Wildman–Crippen MR) is 450 cm³/mol. The summed E-state index contributed by atoms with van der Waals surface area (Å²) < 4.78 is 103. The second-order valence-corrected chi connectivity index (χ2v) is 32.3. The van der Waals surface area contributed by atoms with Gasteiger partial charge in [0.25, 0.3) is 0 Å². The van der Waals surface area contributed by atoms with E-state index in [1.165, 1.54) is 74.5 Å². The zero-order chi connectivity index (χ0) is 86.4. The summed E-state index contributed by atoms with van der Waals surface area (Å²) in [6.45, 7) is 37.1. The summed E-state index contributed by atoms with van der Waals surface area (Å²) in [5.74, 6) is 1.79. The standard InChI is InChI=1S/C30H42N6O3.C29H34F3N7O3.C28H33F3N8O2/c1-4-28(38)34-14-16-35(17-15-34)29-25-9-13-36(27-20-24(37)19-22(2)23(27)3)21-26(25)31-30(32-29)39-18-8-12-33-10-6-5-7-11-33;1-3-26(40)39-16-15-38(17-20(39)10-12-33)27-22-11-14-37(24-8-4-5-9-25(24)42-29(30,31)32)18-23(22)34-28(35-27)41-19-21-7-6-13-36(21)2;1-4-25(40)39-13-12-38(16-20(39)14-32-2)26-21-8-11-37(24-15-33-9-7-22(24)28(29,30)31)17-23(21)34-27(35-26)41-18-19-6-5-10-36(19)3/h4,19-20,37H,1,5-18,21H2,2-3H3;3-5,8-9,20-21H,1,6-7,10-11,13-19H2,2H3;4,7,9,15,19-20H,1,5-6,8,10-14,16-18H2,3H3/t;20?,21-;19-,20?/m.00/s1. The summed E-state index contributed by atoms with van der Waals surface area (Å²) in [5, 5.41) is 19.7. The number of carbonyl (C=O) groups is 3. The van der Waals surface area contributed by atoms with Crippen molar-refractivity contribution in [3.63, 3.8) is 0 Å². The van der Waals surface area contributed by atoms with E-state index in [9.17, 15) is 51.1 Å². The van der Waals surface area contributed by atoms with E-state index in [0.29, 0.717) is 152 Å². The Hall–Kier alpha value is -11.3. The molecular weight excluding hydrogens is 1580 g/mol. The number of halogens is 6. The third-order valence-corrected chi connectivity index (χ3v) is 24.5. The minimum Gasteiger partial charge on any atom is -0.508 e. The summed E-state index contributed by atoms with van der Waals surface area (Å²) in [5.41, 5.74) is 7.98. The number of amides is 3. The van der Waals surface area contributed by atoms with Crippen LogP contribution >= 0.6 is 0 Å². The van der Waals surface area contributed by atoms with Gasteiger partial charge in [0.05, 0.1) is 85.0 Å². The van der Waals surface area contributed by atoms with Crippen molar-refractivity contribution in [1.82, 2.24) is 64.3 Å². The first-order valence-electron chi connectivity index (χ1n) is 42.1. The van der Waals surface area contributed by atoms with Crippen LogP contribution in [-0.4, -0.2) is 276 Å². The van der Waals surface area contributed by atoms with Crippen LogP contribution in [0.25, 0.3) is 4.85 Å². The molecule has 4 atom stereocenters. The molecule has 35 heteroatoms. The third kappa shape index (κ3) is 21.6. The molecular formula is C87H109F6N21O8. The highest BCUT2D eigenvalue weighted by Gasteiger charge is 2.41. The lowest BCUT2D eigenvalue weighted by Gasteiger charge is -2.42. The molecule has 0 radical (unpaired) electrons. The van der Waals surface area contributed by atoms with E-state index in [0.717, 1.165) is 116 Å². The fourth-order valence-corrected chi connectivity index (χ4v) is 17.8. The van der Waals surface area contributed by atoms with Crippen LogP contribution in [0.3, 0.4) is 0 Å². The number of hydrogen-bond acceptors (Lipinski definition) is 25. The smallest absolute Gasteiger partial charge is 0.508 e. The van der Waals surface area contributed by atoms with Gasteiger partial charge in [0.2, 0.25) is 24.3 Å². The molecule has 29 nitrogen and oxygen atoms in total. The van der Waals surface area contributed by atoms with Crippen LogP contribution in [0.2, 0.25) is 0 Å². The van der Waals surface area contributed by atoms with Gasteiger partial charge in [-0.1, -0.05) is 38.3 Å². The molecule has 0 spiro atoms. The number of para-hydroxylation sites is 2. The molecule has 0 bridgehead atoms. The lowest BCUT2D eigenvalue weighted by Crippen LogP contribution is -2.56. The molecule has 9 aliphatic heterocycles. The number of likely N-dealkylation sites (N-methyl/N-ethyl adjacent to an activating group) is 2. The first-order valence-corrected chi connectivity index (χ1v) is 42.1. The van der Waals surface area contributed by atoms with Gasteiger partial charge in [-0.3, -0.25) is 19.4 Å². The number of pyridine rings is 1. The molecule has 6 aromatic rings. The SMILES string of the molecule is C=CC(=O)N1CCN(c2nc(OCCCN3CCCCC3)nc3c2CCN(c2cc(O)cc(C)c2C)C3)CC1.C=CC(=O)N1CCN(c2nc(OC[C@@H]3CCCN3C)nc3c2CCN(c2ccccc2OC(F)(F)F)C3)CC1CC#N.[C-]#[N+]CC1CN(c2nc(OC[C@@H]3CCCN3C)nc3c2CCN(c2cnccc2C(F)(F)F)C3)CCN1C(=O)C=C. The number of fused-ring (bicyclic) bond motifs is 3. The van der Waals surface area contributed by atoms with Crippen molar-refractivity contribution in [3.8, 4) is 35.6 Å². The Balaban J connectivity index is 0.000000158. The van der Waals surface area contributed by atoms with Crippen molar-refractivity contribution >= 4 is 52.2 Å². The Morgan fingerprint density at radius 3 is 1.61 bits per heavy atom. The van der Waals surface area contributed by atoms with Gasteiger partial charge in [-0.2, -0.15) is 48.3 Å². The number of phenolic OH excluding ortho intramolecular Hbond substituents is 1. The Bertz CT molecular complexity index is 4800. The van der Waals surface area contributed by atoms with Gasteiger partial charge in [0.15, 0.2) is 5.75 Å². The maximum atomic E-state index is 13.8. The summed E-state index contributed by atoms with van der Waals surface area (Å²) in [6, 6.07) is 13.5. The molecule has 0 aliphatic carbocycles. The average molecular weight is 1690 g/mol. The number of likely N-dealkylation sites (tertiary alicyclic amines) is 3. The second-order valence-electron chi connectivity index (χ2n) is 32.3. The van der Waals surface area contributed by atoms with Crippen LogP contribution in [0.15, 0.2) is 92.8 Å². The molecule has 1 N–H and O–H groups in total. The van der Waals surface area contributed by atoms with E-state index >= 15 is 0 Å². The number of aromatic hydroxyl groups is 1. The fraction of sp³-hybridized carbons (Fsp3) is 0.540. The third-order valence-electron chi connectivity index (χ3n) is 24.5. The van der Waals surface area contributed by atoms with E-state index in [1.54, 1.807) is 26.8 Å². The molecule has 15 rings (SSSR count). The van der Waals surface area contributed by atoms with Gasteiger partial charge in [-0.15, -0.1) is 13.2 Å². The van der Waals surface area contributed by atoms with Gasteiger partial charge in [0, 0.05) is 138 Å². The number of nitriles is 1. The molecule has 0 saturated carbocycles. The van der Waals surface area contributed by atoms with E-state index in [-0.39, 0.29) is 97.2 Å². The second kappa shape index (κ2) is 40.1. The summed E-state index contributed by atoms with van der Waals surface area (Å²) in [6.07, 6.45) is 7.86. The van der Waals surface area contributed by atoms with Crippen LogP contribution in [0.5, 0.6) is 29.5 Å². The highest BCUT2D eigenvalue weighted by atomic mass is 19.4. The highest BCUT2D eigenvalue weighted by molar-refractivity contribution is 5.88. The fourth-order valence-electron chi connectivity index (χ4n) is 17.8. The molecule has 6 saturated heterocycles. The average Bonchev–Trinajstić information content (AvgIpc) is 0.893. The maximum absolute atomic E-state index is 13.8. The van der Waals surface area contributed by atoms with E-state index in [1.807, 2.05) is 40.8 Å². The van der Waals surface area contributed by atoms with Crippen molar-refractivity contribution in [2.45, 2.75) is 147 Å². The number of hydrogen-bond donors (Lipinski definition) is 1. The number of nitrogens with zero attached hydrogens (tertiary/aromatic N) is 21. The Kier molecular flexibility index (Phi) is 29.1. The normalized spacial score (nSPS) is 20.2. The summed E-state index contributed by atoms with van der Waals surface area (Å²) >= 11 is 0. The maximum Gasteiger partial charge on any atom is 0.573 e. The van der Waals surface area contributed by atoms with E-state index < -0.39 is 18.1 Å². The van der Waals surface area contributed by atoms with Crippen molar-refractivity contribution in [2.75, 3.05) is 188 Å². The number of piperazine rings is 3. The number of rotatable bonds is 23. The highest BCUT2D eigenvalue weighted by Crippen LogP contribution is 2.42. The van der Waals surface area contributed by atoms with Gasteiger partial charge < -0.3 is 87.7 Å². The van der Waals surface area contributed by atoms with Crippen LogP contribution in [0.1, 0.15) is 108 Å². The molecule has 9 aliphatic rings. The van der Waals surface area contributed by atoms with Crippen molar-refractivity contribution in [2.24, 2.45) is 0 Å². The number of phenols is 1. The largest absolute Gasteiger partial charge is 0.573 e. The number of alkyl halides is 6. The molecule has 6 fully saturated rings. The quantitative estimate of drug-likeness (QED) is 0.0270. The number of ether oxygens (including phenoxy) is 4. The zero-order valence-electron chi connectivity index (χ0n) is 70.0. The number of aryl methyl sites for hydroxylation is 1. The molecule has 13 heterocycles. The molecule has 2 unspecified atom stereocenters. The van der Waals surface area contributed by atoms with Crippen molar-refractivity contribution < 1.29 is 64.8 Å². The summed E-state index contributed by atoms with van der Waals surface area (Å²) in [7, 11) is 4.10. The van der Waals surface area contributed by atoms with Crippen molar-refractivity contribution in [3.05, 3.63) is 155 Å². The van der Waals surface area contributed by atoms with E-state index in [4.69, 9.17) is 45.7 Å². The van der Waals surface area contributed by atoms with Crippen LogP contribution in [0, 0.1) is 31.8 Å². The number of anilines is 6. The number of carbonyl (C=O) groups excluding carboxylic acids is 3. The lowest BCUT2D eigenvalue weighted by molar-refractivity contribution is -0.274. The molecule has 4 aromatic heterocycles. The molecule has 652 valence electrons. The Morgan fingerprint density at radius 2 is 1.09 bits per heavy atom. The number of benzene rings is 2. The lowest BCUT2D eigenvalue weighted by atomic mass is 10.0. The minimum atomic E-state index is -4.82. The van der Waals surface area contributed by atoms with Gasteiger partial charge >= 0.3 is 30.6 Å². The first-order chi connectivity index (χ1) is 58.8. The van der Waals surface area contributed by atoms with Gasteiger partial charge in [-0.25, -0.2) is 6.57 Å². The first kappa shape index (κ1) is 88.5. The Morgan fingerprint density at radius 1 is 0.582 bits per heavy atom. The van der Waals surface area contributed by atoms with Crippen molar-refractivity contribution in [1.29, 1.82) is 5.26 Å². The van der Waals surface area contributed by atoms with E-state index in [2.05, 4.69) is 88.7 Å². The van der Waals surface area contributed by atoms with Crippen LogP contribution < -0.4 is 48.3 Å². The molecule has 3 amide bonds. The predicted octanol–water partition coefficient (Wildman–Crippen LogP) is 10.0. The monoisotopic (exact) mass is 1690 g/mol. The van der Waals surface area contributed by atoms with Crippen LogP contribution in [0.4, 0.5) is 60.9 Å². The minimum absolute atomic E-state index is 0.00883. The Labute approximate surface area is 708 Å². The number of piperidine rings is 1. The number of aromatic nitrogens is 7. The summed E-state index contributed by atoms with van der Waals surface area (Å²) in [4.78, 5) is 97.6. The zero-order valence-corrected chi connectivity index (χ0v) is 70.0.